The summed E-state index contributed by atoms with van der Waals surface area (Å²) in [6, 6.07) is 9.27. The number of nitrogens with zero attached hydrogens (tertiary/aromatic N) is 3. The van der Waals surface area contributed by atoms with Crippen LogP contribution in [0.25, 0.3) is 0 Å². The standard InChI is InChI=1S/C15H15N3O4/c1-17(10-12-6-8-16-9-7-12)15(19)11-22-14-4-2-13(3-5-14)18(20)21/h2-9H,10-11H2,1H3. The van der Waals surface area contributed by atoms with Crippen LogP contribution in [0, 0.1) is 10.1 Å². The van der Waals surface area contributed by atoms with Gasteiger partial charge in [-0.05, 0) is 29.8 Å². The van der Waals surface area contributed by atoms with Gasteiger partial charge >= 0.3 is 0 Å². The first-order valence-electron chi connectivity index (χ1n) is 6.56. The maximum atomic E-state index is 12.0. The minimum absolute atomic E-state index is 0.0199. The van der Waals surface area contributed by atoms with E-state index in [1.165, 1.54) is 24.3 Å². The van der Waals surface area contributed by atoms with Crippen molar-refractivity contribution in [2.45, 2.75) is 6.54 Å². The number of pyridine rings is 1. The topological polar surface area (TPSA) is 85.6 Å². The molecule has 0 N–H and O–H groups in total. The predicted molar refractivity (Wildman–Crippen MR) is 79.3 cm³/mol. The predicted octanol–water partition coefficient (Wildman–Crippen LogP) is 2.03. The van der Waals surface area contributed by atoms with Gasteiger partial charge in [0.2, 0.25) is 0 Å². The third-order valence-corrected chi connectivity index (χ3v) is 3.00. The fourth-order valence-electron chi connectivity index (χ4n) is 1.77. The molecule has 0 aliphatic heterocycles. The van der Waals surface area contributed by atoms with Crippen molar-refractivity contribution in [2.75, 3.05) is 13.7 Å². The maximum absolute atomic E-state index is 12.0. The van der Waals surface area contributed by atoms with Crippen LogP contribution >= 0.6 is 0 Å². The number of non-ortho nitro benzene ring substituents is 1. The van der Waals surface area contributed by atoms with Gasteiger partial charge < -0.3 is 9.64 Å². The van der Waals surface area contributed by atoms with Crippen LogP contribution in [0.3, 0.4) is 0 Å². The molecule has 0 radical (unpaired) electrons. The van der Waals surface area contributed by atoms with Gasteiger partial charge in [0, 0.05) is 38.1 Å². The maximum Gasteiger partial charge on any atom is 0.269 e. The van der Waals surface area contributed by atoms with Gasteiger partial charge in [0.05, 0.1) is 4.92 Å². The average molecular weight is 301 g/mol. The fraction of sp³-hybridized carbons (Fsp3) is 0.200. The Morgan fingerprint density at radius 2 is 1.86 bits per heavy atom. The molecular weight excluding hydrogens is 286 g/mol. The van der Waals surface area contributed by atoms with Crippen molar-refractivity contribution < 1.29 is 14.5 Å². The molecule has 0 bridgehead atoms. The number of nitro groups is 1. The molecule has 7 nitrogen and oxygen atoms in total. The molecule has 2 rings (SSSR count). The summed E-state index contributed by atoms with van der Waals surface area (Å²) in [7, 11) is 1.68. The van der Waals surface area contributed by atoms with Gasteiger partial charge in [-0.1, -0.05) is 0 Å². The first-order chi connectivity index (χ1) is 10.6. The molecule has 1 amide bonds. The number of nitro benzene ring substituents is 1. The minimum atomic E-state index is -0.489. The molecule has 1 heterocycles. The summed E-state index contributed by atoms with van der Waals surface area (Å²) < 4.78 is 5.34. The Labute approximate surface area is 127 Å². The van der Waals surface area contributed by atoms with Crippen LogP contribution in [-0.4, -0.2) is 34.4 Å². The number of hydrogen-bond donors (Lipinski definition) is 0. The SMILES string of the molecule is CN(Cc1ccncc1)C(=O)COc1ccc([N+](=O)[O-])cc1. The van der Waals surface area contributed by atoms with Crippen LogP contribution in [0.15, 0.2) is 48.8 Å². The number of carbonyl (C=O) groups excluding carboxylic acids is 1. The number of benzene rings is 1. The van der Waals surface area contributed by atoms with Crippen molar-refractivity contribution in [1.29, 1.82) is 0 Å². The number of ether oxygens (including phenoxy) is 1. The molecule has 1 aromatic heterocycles. The highest BCUT2D eigenvalue weighted by Crippen LogP contribution is 2.17. The first kappa shape index (κ1) is 15.4. The van der Waals surface area contributed by atoms with Crippen molar-refractivity contribution in [1.82, 2.24) is 9.88 Å². The van der Waals surface area contributed by atoms with Gasteiger partial charge in [0.1, 0.15) is 5.75 Å². The molecule has 0 unspecified atom stereocenters. The van der Waals surface area contributed by atoms with Crippen molar-refractivity contribution in [3.05, 3.63) is 64.5 Å². The quantitative estimate of drug-likeness (QED) is 0.602. The smallest absolute Gasteiger partial charge is 0.269 e. The molecule has 0 spiro atoms. The number of carbonyl (C=O) groups is 1. The van der Waals surface area contributed by atoms with E-state index in [4.69, 9.17) is 4.74 Å². The van der Waals surface area contributed by atoms with E-state index in [2.05, 4.69) is 4.98 Å². The highest BCUT2D eigenvalue weighted by molar-refractivity contribution is 5.77. The Balaban J connectivity index is 1.85. The van der Waals surface area contributed by atoms with Crippen molar-refractivity contribution >= 4 is 11.6 Å². The van der Waals surface area contributed by atoms with E-state index in [0.717, 1.165) is 5.56 Å². The highest BCUT2D eigenvalue weighted by Gasteiger charge is 2.11. The third kappa shape index (κ3) is 4.27. The lowest BCUT2D eigenvalue weighted by Crippen LogP contribution is -2.30. The number of rotatable bonds is 6. The van der Waals surface area contributed by atoms with Gasteiger partial charge in [-0.15, -0.1) is 0 Å². The largest absolute Gasteiger partial charge is 0.484 e. The summed E-state index contributed by atoms with van der Waals surface area (Å²) >= 11 is 0. The van der Waals surface area contributed by atoms with Crippen LogP contribution in [0.5, 0.6) is 5.75 Å². The molecule has 114 valence electrons. The summed E-state index contributed by atoms with van der Waals surface area (Å²) in [6.45, 7) is 0.338. The highest BCUT2D eigenvalue weighted by atomic mass is 16.6. The lowest BCUT2D eigenvalue weighted by molar-refractivity contribution is -0.384. The van der Waals surface area contributed by atoms with E-state index in [1.807, 2.05) is 12.1 Å². The number of hydrogen-bond acceptors (Lipinski definition) is 5. The lowest BCUT2D eigenvalue weighted by Gasteiger charge is -2.17. The number of amides is 1. The van der Waals surface area contributed by atoms with E-state index in [1.54, 1.807) is 24.3 Å². The lowest BCUT2D eigenvalue weighted by atomic mass is 10.2. The Bertz CT molecular complexity index is 644. The number of aromatic nitrogens is 1. The molecule has 0 saturated carbocycles. The van der Waals surface area contributed by atoms with Crippen LogP contribution in [-0.2, 0) is 11.3 Å². The van der Waals surface area contributed by atoms with E-state index in [0.29, 0.717) is 12.3 Å². The zero-order valence-electron chi connectivity index (χ0n) is 12.0. The van der Waals surface area contributed by atoms with Crippen LogP contribution in [0.2, 0.25) is 0 Å². The molecule has 0 atom stereocenters. The van der Waals surface area contributed by atoms with Crippen LogP contribution < -0.4 is 4.74 Å². The molecule has 1 aromatic carbocycles. The zero-order chi connectivity index (χ0) is 15.9. The molecule has 0 fully saturated rings. The molecule has 7 heteroatoms. The zero-order valence-corrected chi connectivity index (χ0v) is 12.0. The second-order valence-corrected chi connectivity index (χ2v) is 4.64. The van der Waals surface area contributed by atoms with Crippen molar-refractivity contribution in [2.24, 2.45) is 0 Å². The Kier molecular flexibility index (Phi) is 5.02. The van der Waals surface area contributed by atoms with Crippen LogP contribution in [0.4, 0.5) is 5.69 Å². The van der Waals surface area contributed by atoms with Crippen molar-refractivity contribution in [3.63, 3.8) is 0 Å². The summed E-state index contributed by atoms with van der Waals surface area (Å²) in [5.41, 5.74) is 0.953. The van der Waals surface area contributed by atoms with E-state index in [-0.39, 0.29) is 18.2 Å². The van der Waals surface area contributed by atoms with Gasteiger partial charge in [-0.3, -0.25) is 19.9 Å². The second kappa shape index (κ2) is 7.16. The summed E-state index contributed by atoms with van der Waals surface area (Å²) in [5, 5.41) is 10.5. The van der Waals surface area contributed by atoms with Gasteiger partial charge in [-0.2, -0.15) is 0 Å². The number of likely N-dealkylation sites (N-methyl/N-ethyl adjacent to an activating group) is 1. The summed E-state index contributed by atoms with van der Waals surface area (Å²) in [4.78, 5) is 27.5. The Hall–Kier alpha value is -2.96. The van der Waals surface area contributed by atoms with Gasteiger partial charge in [0.25, 0.3) is 11.6 Å². The Morgan fingerprint density at radius 3 is 2.45 bits per heavy atom. The minimum Gasteiger partial charge on any atom is -0.484 e. The molecule has 0 saturated heterocycles. The molecule has 0 aliphatic rings. The molecule has 22 heavy (non-hydrogen) atoms. The second-order valence-electron chi connectivity index (χ2n) is 4.64. The average Bonchev–Trinajstić information content (AvgIpc) is 2.53. The molecule has 2 aromatic rings. The van der Waals surface area contributed by atoms with Crippen molar-refractivity contribution in [3.8, 4) is 5.75 Å². The third-order valence-electron chi connectivity index (χ3n) is 3.00. The van der Waals surface area contributed by atoms with Gasteiger partial charge in [-0.25, -0.2) is 0 Å². The van der Waals surface area contributed by atoms with E-state index < -0.39 is 4.92 Å². The fourth-order valence-corrected chi connectivity index (χ4v) is 1.77. The van der Waals surface area contributed by atoms with E-state index >= 15 is 0 Å². The normalized spacial score (nSPS) is 10.0. The van der Waals surface area contributed by atoms with Crippen LogP contribution in [0.1, 0.15) is 5.56 Å². The summed E-state index contributed by atoms with van der Waals surface area (Å²) in [6.07, 6.45) is 3.34. The molecule has 0 aliphatic carbocycles. The van der Waals surface area contributed by atoms with Gasteiger partial charge in [0.15, 0.2) is 6.61 Å². The monoisotopic (exact) mass is 301 g/mol. The summed E-state index contributed by atoms with van der Waals surface area (Å²) in [5.74, 6) is 0.228. The first-order valence-corrected chi connectivity index (χ1v) is 6.56. The van der Waals surface area contributed by atoms with E-state index in [9.17, 15) is 14.9 Å². The Morgan fingerprint density at radius 1 is 1.23 bits per heavy atom. The molecular formula is C15H15N3O4.